The molecule has 1 aromatic heterocycles. The van der Waals surface area contributed by atoms with E-state index in [1.54, 1.807) is 24.3 Å². The molecule has 0 saturated heterocycles. The molecule has 5 nitrogen and oxygen atoms in total. The highest BCUT2D eigenvalue weighted by atomic mass is 35.5. The Kier molecular flexibility index (Phi) is 5.88. The number of carbonyl (C=O) groups is 2. The summed E-state index contributed by atoms with van der Waals surface area (Å²) < 4.78 is 18.5. The first kappa shape index (κ1) is 18.7. The molecule has 2 aromatic carbocycles. The van der Waals surface area contributed by atoms with Gasteiger partial charge in [0.05, 0.1) is 13.1 Å². The Morgan fingerprint density at radius 2 is 1.63 bits per heavy atom. The molecule has 0 spiro atoms. The lowest BCUT2D eigenvalue weighted by Crippen LogP contribution is -2.36. The number of hydrogen-bond donors (Lipinski definition) is 2. The van der Waals surface area contributed by atoms with Crippen LogP contribution in [-0.2, 0) is 11.3 Å². The first-order chi connectivity index (χ1) is 13.0. The third kappa shape index (κ3) is 5.18. The summed E-state index contributed by atoms with van der Waals surface area (Å²) in [5.41, 5.74) is 1.16. The Labute approximate surface area is 160 Å². The third-order valence-electron chi connectivity index (χ3n) is 3.77. The minimum Gasteiger partial charge on any atom is -0.459 e. The number of rotatable bonds is 6. The van der Waals surface area contributed by atoms with Gasteiger partial charge in [0.1, 0.15) is 17.3 Å². The maximum atomic E-state index is 12.8. The molecule has 0 fully saturated rings. The Bertz CT molecular complexity index is 937. The fourth-order valence-electron chi connectivity index (χ4n) is 2.35. The van der Waals surface area contributed by atoms with Crippen LogP contribution in [-0.4, -0.2) is 18.4 Å². The molecule has 0 aliphatic heterocycles. The molecular weight excluding hydrogens is 371 g/mol. The van der Waals surface area contributed by atoms with Crippen molar-refractivity contribution in [2.24, 2.45) is 0 Å². The van der Waals surface area contributed by atoms with Crippen LogP contribution >= 0.6 is 11.6 Å². The quantitative estimate of drug-likeness (QED) is 0.677. The topological polar surface area (TPSA) is 71.3 Å². The van der Waals surface area contributed by atoms with Gasteiger partial charge in [-0.3, -0.25) is 9.59 Å². The molecule has 3 rings (SSSR count). The molecule has 2 amide bonds. The van der Waals surface area contributed by atoms with Crippen LogP contribution in [0.4, 0.5) is 4.39 Å². The van der Waals surface area contributed by atoms with Crippen molar-refractivity contribution in [2.45, 2.75) is 6.54 Å². The molecule has 7 heteroatoms. The number of furan rings is 1. The zero-order chi connectivity index (χ0) is 19.2. The maximum Gasteiger partial charge on any atom is 0.251 e. The molecular formula is C20H16ClFN2O3. The van der Waals surface area contributed by atoms with Gasteiger partial charge in [0.25, 0.3) is 5.91 Å². The van der Waals surface area contributed by atoms with Gasteiger partial charge in [-0.1, -0.05) is 11.6 Å². The second-order valence-corrected chi connectivity index (χ2v) is 6.18. The Morgan fingerprint density at radius 1 is 0.926 bits per heavy atom. The van der Waals surface area contributed by atoms with Gasteiger partial charge in [-0.25, -0.2) is 4.39 Å². The smallest absolute Gasteiger partial charge is 0.251 e. The number of carbonyl (C=O) groups excluding carboxylic acids is 2. The predicted octanol–water partition coefficient (Wildman–Crippen LogP) is 3.79. The van der Waals surface area contributed by atoms with Crippen molar-refractivity contribution < 1.29 is 18.4 Å². The minimum absolute atomic E-state index is 0.193. The van der Waals surface area contributed by atoms with Gasteiger partial charge in [-0.2, -0.15) is 0 Å². The fourth-order valence-corrected chi connectivity index (χ4v) is 2.48. The van der Waals surface area contributed by atoms with Crippen LogP contribution in [0.3, 0.4) is 0 Å². The second kappa shape index (κ2) is 8.51. The van der Waals surface area contributed by atoms with Gasteiger partial charge in [-0.05, 0) is 60.7 Å². The van der Waals surface area contributed by atoms with Crippen molar-refractivity contribution in [3.8, 4) is 11.3 Å². The van der Waals surface area contributed by atoms with E-state index in [2.05, 4.69) is 10.6 Å². The molecule has 0 saturated carbocycles. The van der Waals surface area contributed by atoms with Crippen molar-refractivity contribution >= 4 is 23.4 Å². The maximum absolute atomic E-state index is 12.8. The van der Waals surface area contributed by atoms with E-state index in [-0.39, 0.29) is 24.6 Å². The summed E-state index contributed by atoms with van der Waals surface area (Å²) in [5.74, 6) is 0.00229. The van der Waals surface area contributed by atoms with Crippen molar-refractivity contribution in [2.75, 3.05) is 6.54 Å². The van der Waals surface area contributed by atoms with Gasteiger partial charge in [0, 0.05) is 16.1 Å². The average Bonchev–Trinajstić information content (AvgIpc) is 3.14. The summed E-state index contributed by atoms with van der Waals surface area (Å²) >= 11 is 5.86. The van der Waals surface area contributed by atoms with Gasteiger partial charge < -0.3 is 15.1 Å². The molecule has 1 heterocycles. The van der Waals surface area contributed by atoms with Gasteiger partial charge in [0.2, 0.25) is 5.91 Å². The third-order valence-corrected chi connectivity index (χ3v) is 4.02. The number of benzene rings is 2. The molecule has 138 valence electrons. The number of amides is 2. The predicted molar refractivity (Wildman–Crippen MR) is 99.7 cm³/mol. The summed E-state index contributed by atoms with van der Waals surface area (Å²) in [6, 6.07) is 15.9. The number of nitrogens with one attached hydrogen (secondary N) is 2. The summed E-state index contributed by atoms with van der Waals surface area (Å²) in [6.07, 6.45) is 0. The molecule has 0 radical (unpaired) electrons. The molecule has 0 aliphatic carbocycles. The summed E-state index contributed by atoms with van der Waals surface area (Å²) in [4.78, 5) is 23.8. The lowest BCUT2D eigenvalue weighted by Gasteiger charge is -2.06. The van der Waals surface area contributed by atoms with E-state index in [1.807, 2.05) is 12.1 Å². The minimum atomic E-state index is -0.451. The van der Waals surface area contributed by atoms with E-state index < -0.39 is 11.7 Å². The van der Waals surface area contributed by atoms with E-state index in [0.29, 0.717) is 16.5 Å². The van der Waals surface area contributed by atoms with E-state index in [9.17, 15) is 14.0 Å². The normalized spacial score (nSPS) is 10.4. The van der Waals surface area contributed by atoms with Crippen molar-refractivity contribution in [1.29, 1.82) is 0 Å². The summed E-state index contributed by atoms with van der Waals surface area (Å²) in [6.45, 7) is -0.000197. The zero-order valence-corrected chi connectivity index (χ0v) is 14.9. The van der Waals surface area contributed by atoms with Crippen LogP contribution in [0, 0.1) is 5.82 Å². The van der Waals surface area contributed by atoms with Crippen LogP contribution in [0.25, 0.3) is 11.3 Å². The molecule has 2 N–H and O–H groups in total. The largest absolute Gasteiger partial charge is 0.459 e. The van der Waals surface area contributed by atoms with E-state index >= 15 is 0 Å². The van der Waals surface area contributed by atoms with Crippen LogP contribution in [0.1, 0.15) is 16.1 Å². The first-order valence-corrected chi connectivity index (χ1v) is 8.54. The van der Waals surface area contributed by atoms with E-state index in [1.165, 1.54) is 24.3 Å². The SMILES string of the molecule is O=C(CNC(=O)c1ccc(F)cc1)NCc1ccc(-c2ccc(Cl)cc2)o1. The summed E-state index contributed by atoms with van der Waals surface area (Å²) in [7, 11) is 0. The molecule has 0 unspecified atom stereocenters. The number of hydrogen-bond acceptors (Lipinski definition) is 3. The van der Waals surface area contributed by atoms with Gasteiger partial charge in [-0.15, -0.1) is 0 Å². The highest BCUT2D eigenvalue weighted by Gasteiger charge is 2.10. The Hall–Kier alpha value is -3.12. The average molecular weight is 387 g/mol. The van der Waals surface area contributed by atoms with Gasteiger partial charge >= 0.3 is 0 Å². The molecule has 0 aliphatic rings. The van der Waals surface area contributed by atoms with Crippen molar-refractivity contribution in [1.82, 2.24) is 10.6 Å². The molecule has 27 heavy (non-hydrogen) atoms. The van der Waals surface area contributed by atoms with Crippen LogP contribution in [0.5, 0.6) is 0 Å². The highest BCUT2D eigenvalue weighted by molar-refractivity contribution is 6.30. The molecule has 0 bridgehead atoms. The lowest BCUT2D eigenvalue weighted by atomic mass is 10.2. The standard InChI is InChI=1S/C20H16ClFN2O3/c21-15-5-1-13(2-6-15)18-10-9-17(27-18)11-23-19(25)12-24-20(26)14-3-7-16(22)8-4-14/h1-10H,11-12H2,(H,23,25)(H,24,26). The molecule has 0 atom stereocenters. The zero-order valence-electron chi connectivity index (χ0n) is 14.2. The van der Waals surface area contributed by atoms with Crippen LogP contribution < -0.4 is 10.6 Å². The van der Waals surface area contributed by atoms with Crippen molar-refractivity contribution in [3.05, 3.63) is 82.8 Å². The Morgan fingerprint density at radius 3 is 2.33 bits per heavy atom. The van der Waals surface area contributed by atoms with E-state index in [4.69, 9.17) is 16.0 Å². The number of halogens is 2. The Balaban J connectivity index is 1.47. The van der Waals surface area contributed by atoms with E-state index in [0.717, 1.165) is 5.56 Å². The summed E-state index contributed by atoms with van der Waals surface area (Å²) in [5, 5.41) is 5.77. The first-order valence-electron chi connectivity index (χ1n) is 8.16. The lowest BCUT2D eigenvalue weighted by molar-refractivity contribution is -0.120. The highest BCUT2D eigenvalue weighted by Crippen LogP contribution is 2.23. The second-order valence-electron chi connectivity index (χ2n) is 5.74. The fraction of sp³-hybridized carbons (Fsp3) is 0.100. The van der Waals surface area contributed by atoms with Crippen LogP contribution in [0.15, 0.2) is 65.1 Å². The van der Waals surface area contributed by atoms with Crippen LogP contribution in [0.2, 0.25) is 5.02 Å². The van der Waals surface area contributed by atoms with Gasteiger partial charge in [0.15, 0.2) is 0 Å². The molecule has 3 aromatic rings. The monoisotopic (exact) mass is 386 g/mol. The van der Waals surface area contributed by atoms with Crippen molar-refractivity contribution in [3.63, 3.8) is 0 Å².